The monoisotopic (exact) mass is 330 g/mol. The molecule has 0 aliphatic carbocycles. The van der Waals surface area contributed by atoms with Crippen LogP contribution in [0.5, 0.6) is 0 Å². The molecule has 2 heterocycles. The van der Waals surface area contributed by atoms with Gasteiger partial charge in [-0.2, -0.15) is 0 Å². The zero-order chi connectivity index (χ0) is 15.8. The molecule has 0 spiro atoms. The number of nitrogens with one attached hydrogen (secondary N) is 2. The molecule has 0 amide bonds. The van der Waals surface area contributed by atoms with Crippen molar-refractivity contribution < 1.29 is 8.42 Å². The Hall–Kier alpha value is -0.820. The summed E-state index contributed by atoms with van der Waals surface area (Å²) < 4.78 is 23.1. The number of hydrogen-bond acceptors (Lipinski definition) is 4. The molecule has 6 nitrogen and oxygen atoms in total. The first kappa shape index (κ1) is 17.5. The minimum Gasteiger partial charge on any atom is -0.357 e. The Morgan fingerprint density at radius 2 is 1.95 bits per heavy atom. The second-order valence-electron chi connectivity index (χ2n) is 6.26. The van der Waals surface area contributed by atoms with E-state index in [9.17, 15) is 8.42 Å². The highest BCUT2D eigenvalue weighted by Crippen LogP contribution is 2.11. The fraction of sp³-hybridized carbons (Fsp3) is 0.933. The number of hydrogen-bond donors (Lipinski definition) is 2. The summed E-state index contributed by atoms with van der Waals surface area (Å²) in [6, 6.07) is 0.000914. The summed E-state index contributed by atoms with van der Waals surface area (Å²) in [6.45, 7) is 6.92. The zero-order valence-corrected chi connectivity index (χ0v) is 14.5. The van der Waals surface area contributed by atoms with Gasteiger partial charge in [0.25, 0.3) is 0 Å². The van der Waals surface area contributed by atoms with Crippen LogP contribution in [0.25, 0.3) is 0 Å². The van der Waals surface area contributed by atoms with Crippen molar-refractivity contribution >= 4 is 15.8 Å². The van der Waals surface area contributed by atoms with E-state index in [1.165, 1.54) is 38.8 Å². The molecule has 7 heteroatoms. The minimum absolute atomic E-state index is 0.000914. The molecule has 0 bridgehead atoms. The maximum Gasteiger partial charge on any atom is 0.191 e. The number of likely N-dealkylation sites (tertiary alicyclic amines) is 1. The van der Waals surface area contributed by atoms with Gasteiger partial charge in [-0.25, -0.2) is 8.42 Å². The molecule has 2 saturated heterocycles. The van der Waals surface area contributed by atoms with Crippen molar-refractivity contribution in [3.63, 3.8) is 0 Å². The summed E-state index contributed by atoms with van der Waals surface area (Å²) in [5, 5.41) is 6.48. The standard InChI is InChI=1S/C15H30N4O2S/c1-2-16-15(18-14-7-12-22(20,21)13-14)17-8-11-19-9-5-3-4-6-10-19/h14H,2-13H2,1H3,(H2,16,17,18). The van der Waals surface area contributed by atoms with Crippen molar-refractivity contribution in [2.24, 2.45) is 4.99 Å². The molecular weight excluding hydrogens is 300 g/mol. The molecule has 0 aromatic heterocycles. The third-order valence-corrected chi connectivity index (χ3v) is 6.07. The maximum absolute atomic E-state index is 11.5. The van der Waals surface area contributed by atoms with E-state index in [1.807, 2.05) is 6.92 Å². The van der Waals surface area contributed by atoms with E-state index >= 15 is 0 Å². The van der Waals surface area contributed by atoms with Crippen molar-refractivity contribution in [1.29, 1.82) is 0 Å². The molecule has 2 N–H and O–H groups in total. The van der Waals surface area contributed by atoms with Crippen LogP contribution in [-0.2, 0) is 9.84 Å². The second-order valence-corrected chi connectivity index (χ2v) is 8.49. The Morgan fingerprint density at radius 1 is 1.23 bits per heavy atom. The highest BCUT2D eigenvalue weighted by molar-refractivity contribution is 7.91. The van der Waals surface area contributed by atoms with Crippen molar-refractivity contribution in [3.8, 4) is 0 Å². The zero-order valence-electron chi connectivity index (χ0n) is 13.7. The third-order valence-electron chi connectivity index (χ3n) is 4.30. The minimum atomic E-state index is -2.85. The van der Waals surface area contributed by atoms with E-state index in [4.69, 9.17) is 0 Å². The summed E-state index contributed by atoms with van der Waals surface area (Å²) in [4.78, 5) is 7.09. The smallest absolute Gasteiger partial charge is 0.191 e. The molecule has 0 radical (unpaired) electrons. The molecule has 2 fully saturated rings. The van der Waals surface area contributed by atoms with Gasteiger partial charge in [-0.1, -0.05) is 12.8 Å². The topological polar surface area (TPSA) is 73.8 Å². The summed E-state index contributed by atoms with van der Waals surface area (Å²) in [5.74, 6) is 1.26. The Bertz CT molecular complexity index is 456. The highest BCUT2D eigenvalue weighted by Gasteiger charge is 2.28. The van der Waals surface area contributed by atoms with Crippen LogP contribution in [0, 0.1) is 0 Å². The molecule has 0 aromatic rings. The third kappa shape index (κ3) is 6.12. The van der Waals surface area contributed by atoms with Crippen molar-refractivity contribution in [2.75, 3.05) is 44.2 Å². The van der Waals surface area contributed by atoms with Crippen LogP contribution in [-0.4, -0.2) is 69.5 Å². The van der Waals surface area contributed by atoms with Gasteiger partial charge >= 0.3 is 0 Å². The first-order chi connectivity index (χ1) is 10.6. The summed E-state index contributed by atoms with van der Waals surface area (Å²) >= 11 is 0. The van der Waals surface area contributed by atoms with Gasteiger partial charge in [0.15, 0.2) is 15.8 Å². The van der Waals surface area contributed by atoms with Crippen LogP contribution in [0.3, 0.4) is 0 Å². The van der Waals surface area contributed by atoms with E-state index < -0.39 is 9.84 Å². The largest absolute Gasteiger partial charge is 0.357 e. The summed E-state index contributed by atoms with van der Waals surface area (Å²) in [6.07, 6.45) is 5.96. The fourth-order valence-corrected chi connectivity index (χ4v) is 4.76. The summed E-state index contributed by atoms with van der Waals surface area (Å²) in [5.41, 5.74) is 0. The lowest BCUT2D eigenvalue weighted by atomic mass is 10.2. The molecule has 128 valence electrons. The predicted octanol–water partition coefficient (Wildman–Crippen LogP) is 0.605. The normalized spacial score (nSPS) is 26.6. The molecule has 2 aliphatic heterocycles. The van der Waals surface area contributed by atoms with Crippen LogP contribution in [0.15, 0.2) is 4.99 Å². The van der Waals surface area contributed by atoms with Crippen molar-refractivity contribution in [2.45, 2.75) is 45.1 Å². The van der Waals surface area contributed by atoms with Gasteiger partial charge in [-0.15, -0.1) is 0 Å². The van der Waals surface area contributed by atoms with Gasteiger partial charge in [-0.05, 0) is 39.3 Å². The average molecular weight is 330 g/mol. The van der Waals surface area contributed by atoms with Gasteiger partial charge in [0.1, 0.15) is 0 Å². The molecule has 22 heavy (non-hydrogen) atoms. The average Bonchev–Trinajstić information content (AvgIpc) is 2.67. The van der Waals surface area contributed by atoms with E-state index in [-0.39, 0.29) is 17.5 Å². The van der Waals surface area contributed by atoms with Crippen LogP contribution in [0.1, 0.15) is 39.0 Å². The van der Waals surface area contributed by atoms with E-state index in [2.05, 4.69) is 20.5 Å². The molecule has 2 aliphatic rings. The molecular formula is C15H30N4O2S. The second kappa shape index (κ2) is 8.72. The number of nitrogens with zero attached hydrogens (tertiary/aromatic N) is 2. The lowest BCUT2D eigenvalue weighted by Gasteiger charge is -2.19. The Morgan fingerprint density at radius 3 is 2.55 bits per heavy atom. The van der Waals surface area contributed by atoms with Crippen molar-refractivity contribution in [1.82, 2.24) is 15.5 Å². The Balaban J connectivity index is 1.79. The van der Waals surface area contributed by atoms with Gasteiger partial charge in [0.2, 0.25) is 0 Å². The van der Waals surface area contributed by atoms with E-state index in [1.54, 1.807) is 0 Å². The van der Waals surface area contributed by atoms with Gasteiger partial charge in [0, 0.05) is 19.1 Å². The fourth-order valence-electron chi connectivity index (χ4n) is 3.09. The lowest BCUT2D eigenvalue weighted by Crippen LogP contribution is -2.44. The van der Waals surface area contributed by atoms with Gasteiger partial charge in [-0.3, -0.25) is 4.99 Å². The number of sulfone groups is 1. The Kier molecular flexibility index (Phi) is 6.95. The molecule has 2 rings (SSSR count). The number of aliphatic imine (C=N–C) groups is 1. The first-order valence-corrected chi connectivity index (χ1v) is 10.4. The van der Waals surface area contributed by atoms with Crippen LogP contribution in [0.4, 0.5) is 0 Å². The lowest BCUT2D eigenvalue weighted by molar-refractivity contribution is 0.293. The number of rotatable bonds is 5. The highest BCUT2D eigenvalue weighted by atomic mass is 32.2. The van der Waals surface area contributed by atoms with Gasteiger partial charge in [0.05, 0.1) is 18.1 Å². The van der Waals surface area contributed by atoms with Gasteiger partial charge < -0.3 is 15.5 Å². The molecule has 1 unspecified atom stereocenters. The van der Waals surface area contributed by atoms with E-state index in [0.717, 1.165) is 25.6 Å². The quantitative estimate of drug-likeness (QED) is 0.571. The molecule has 0 saturated carbocycles. The van der Waals surface area contributed by atoms with Crippen LogP contribution < -0.4 is 10.6 Å². The van der Waals surface area contributed by atoms with E-state index in [0.29, 0.717) is 6.42 Å². The summed E-state index contributed by atoms with van der Waals surface area (Å²) in [7, 11) is -2.85. The SMILES string of the molecule is CCNC(=NCCN1CCCCCC1)NC1CCS(=O)(=O)C1. The van der Waals surface area contributed by atoms with Crippen molar-refractivity contribution in [3.05, 3.63) is 0 Å². The number of guanidine groups is 1. The Labute approximate surface area is 134 Å². The predicted molar refractivity (Wildman–Crippen MR) is 91.1 cm³/mol. The van der Waals surface area contributed by atoms with Crippen LogP contribution in [0.2, 0.25) is 0 Å². The van der Waals surface area contributed by atoms with Crippen LogP contribution >= 0.6 is 0 Å². The maximum atomic E-state index is 11.5. The first-order valence-electron chi connectivity index (χ1n) is 8.57. The molecule has 0 aromatic carbocycles. The molecule has 1 atom stereocenters.